The highest BCUT2D eigenvalue weighted by Crippen LogP contribution is 2.29. The molecule has 1 N–H and O–H groups in total. The van der Waals surface area contributed by atoms with Crippen LogP contribution in [0, 0.1) is 5.92 Å². The summed E-state index contributed by atoms with van der Waals surface area (Å²) in [5.41, 5.74) is 0.713. The Morgan fingerprint density at radius 1 is 1.24 bits per heavy atom. The van der Waals surface area contributed by atoms with Crippen LogP contribution in [-0.4, -0.2) is 55.3 Å². The van der Waals surface area contributed by atoms with Crippen LogP contribution in [0.4, 0.5) is 5.82 Å². The molecule has 150 valence electrons. The van der Waals surface area contributed by atoms with E-state index in [1.807, 2.05) is 29.2 Å². The van der Waals surface area contributed by atoms with Crippen LogP contribution in [0.5, 0.6) is 0 Å². The number of carbonyl (C=O) groups excluding carboxylic acids is 1. The Kier molecular flexibility index (Phi) is 5.38. The largest absolute Gasteiger partial charge is 0.480 e. The van der Waals surface area contributed by atoms with Gasteiger partial charge in [-0.3, -0.25) is 9.59 Å². The second-order valence-corrected chi connectivity index (χ2v) is 7.55. The Balaban J connectivity index is 1.39. The number of ketones is 1. The first kappa shape index (κ1) is 19.2. The molecule has 0 unspecified atom stereocenters. The fourth-order valence-corrected chi connectivity index (χ4v) is 3.78. The molecule has 2 aromatic heterocycles. The van der Waals surface area contributed by atoms with E-state index >= 15 is 0 Å². The van der Waals surface area contributed by atoms with Crippen molar-refractivity contribution in [3.8, 4) is 11.6 Å². The molecule has 1 aliphatic heterocycles. The van der Waals surface area contributed by atoms with E-state index in [0.29, 0.717) is 30.2 Å². The number of halogens is 1. The number of piperidine rings is 1. The van der Waals surface area contributed by atoms with Crippen molar-refractivity contribution in [1.29, 1.82) is 0 Å². The molecule has 10 nitrogen and oxygen atoms in total. The molecule has 0 aliphatic carbocycles. The molecule has 1 saturated heterocycles. The first-order valence-corrected chi connectivity index (χ1v) is 9.81. The molecule has 0 bridgehead atoms. The van der Waals surface area contributed by atoms with Gasteiger partial charge in [0.05, 0.1) is 0 Å². The van der Waals surface area contributed by atoms with Gasteiger partial charge in [0.25, 0.3) is 0 Å². The van der Waals surface area contributed by atoms with Gasteiger partial charge in [0.1, 0.15) is 0 Å². The first-order chi connectivity index (χ1) is 14.0. The highest BCUT2D eigenvalue weighted by molar-refractivity contribution is 9.10. The lowest BCUT2D eigenvalue weighted by molar-refractivity contribution is -0.138. The molecule has 1 aliphatic rings. The zero-order valence-corrected chi connectivity index (χ0v) is 16.8. The maximum Gasteiger partial charge on any atom is 0.327 e. The summed E-state index contributed by atoms with van der Waals surface area (Å²) in [5, 5.41) is 24.3. The summed E-state index contributed by atoms with van der Waals surface area (Å²) in [5.74, 6) is 0.159. The number of tetrazole rings is 1. The van der Waals surface area contributed by atoms with Gasteiger partial charge in [-0.15, -0.1) is 10.2 Å². The number of benzene rings is 1. The fourth-order valence-electron chi connectivity index (χ4n) is 3.30. The smallest absolute Gasteiger partial charge is 0.327 e. The van der Waals surface area contributed by atoms with Crippen LogP contribution < -0.4 is 4.90 Å². The highest BCUT2D eigenvalue weighted by atomic mass is 79.9. The zero-order chi connectivity index (χ0) is 20.4. The van der Waals surface area contributed by atoms with Crippen molar-refractivity contribution in [2.24, 2.45) is 5.92 Å². The second kappa shape index (κ2) is 8.11. The number of carboxylic acid groups (broad SMARTS) is 1. The van der Waals surface area contributed by atoms with Crippen molar-refractivity contribution in [3.63, 3.8) is 0 Å². The number of carboxylic acids is 1. The van der Waals surface area contributed by atoms with E-state index in [4.69, 9.17) is 9.63 Å². The van der Waals surface area contributed by atoms with E-state index in [1.54, 1.807) is 6.07 Å². The number of carbonyl (C=O) groups is 2. The summed E-state index contributed by atoms with van der Waals surface area (Å²) >= 11 is 3.45. The number of anilines is 1. The third-order valence-corrected chi connectivity index (χ3v) is 5.47. The molecular formula is C18H17BrN6O4. The lowest BCUT2D eigenvalue weighted by atomic mass is 9.89. The number of rotatable bonds is 6. The Hall–Kier alpha value is -3.08. The van der Waals surface area contributed by atoms with Crippen LogP contribution in [0.25, 0.3) is 11.6 Å². The van der Waals surface area contributed by atoms with Crippen LogP contribution in [0.1, 0.15) is 23.2 Å². The molecule has 1 fully saturated rings. The van der Waals surface area contributed by atoms with E-state index in [1.165, 1.54) is 0 Å². The van der Waals surface area contributed by atoms with E-state index in [2.05, 4.69) is 36.5 Å². The molecular weight excluding hydrogens is 444 g/mol. The molecule has 1 aromatic carbocycles. The highest BCUT2D eigenvalue weighted by Gasteiger charge is 2.28. The van der Waals surface area contributed by atoms with Crippen molar-refractivity contribution < 1.29 is 19.2 Å². The van der Waals surface area contributed by atoms with Crippen LogP contribution in [0.3, 0.4) is 0 Å². The maximum absolute atomic E-state index is 12.8. The molecule has 0 radical (unpaired) electrons. The third kappa shape index (κ3) is 4.19. The van der Waals surface area contributed by atoms with Gasteiger partial charge in [-0.2, -0.15) is 4.80 Å². The van der Waals surface area contributed by atoms with Crippen molar-refractivity contribution >= 4 is 33.5 Å². The summed E-state index contributed by atoms with van der Waals surface area (Å²) in [6.45, 7) is 0.963. The minimum absolute atomic E-state index is 0.0334. The van der Waals surface area contributed by atoms with E-state index in [9.17, 15) is 9.59 Å². The van der Waals surface area contributed by atoms with Gasteiger partial charge >= 0.3 is 5.97 Å². The predicted octanol–water partition coefficient (Wildman–Crippen LogP) is 2.27. The topological polar surface area (TPSA) is 127 Å². The number of aliphatic carboxylic acids is 1. The standard InChI is InChI=1S/C18H17BrN6O4/c19-13-4-2-1-3-12(13)17(28)11-5-7-24(8-6-11)15-9-14(29-22-15)18-20-23-25(21-18)10-16(26)27/h1-4,9,11H,5-8,10H2,(H,26,27). The molecule has 3 heterocycles. The van der Waals surface area contributed by atoms with Gasteiger partial charge in [0.2, 0.25) is 11.6 Å². The van der Waals surface area contributed by atoms with E-state index < -0.39 is 5.97 Å². The number of hydrogen-bond acceptors (Lipinski definition) is 8. The minimum atomic E-state index is -1.06. The van der Waals surface area contributed by atoms with Gasteiger partial charge in [0.15, 0.2) is 18.1 Å². The average Bonchev–Trinajstić information content (AvgIpc) is 3.37. The molecule has 0 spiro atoms. The van der Waals surface area contributed by atoms with Gasteiger partial charge in [-0.25, -0.2) is 0 Å². The Bertz CT molecular complexity index is 1040. The molecule has 0 saturated carbocycles. The van der Waals surface area contributed by atoms with Crippen LogP contribution in [0.15, 0.2) is 39.3 Å². The Morgan fingerprint density at radius 3 is 2.72 bits per heavy atom. The van der Waals surface area contributed by atoms with Crippen LogP contribution >= 0.6 is 15.9 Å². The summed E-state index contributed by atoms with van der Waals surface area (Å²) in [4.78, 5) is 26.5. The summed E-state index contributed by atoms with van der Waals surface area (Å²) in [6, 6.07) is 9.16. The average molecular weight is 461 g/mol. The normalized spacial score (nSPS) is 14.9. The SMILES string of the molecule is O=C(O)Cn1nnc(-c2cc(N3CCC(C(=O)c4ccccc4Br)CC3)no2)n1. The van der Waals surface area contributed by atoms with Crippen molar-refractivity contribution in [2.45, 2.75) is 19.4 Å². The summed E-state index contributed by atoms with van der Waals surface area (Å²) in [6.07, 6.45) is 1.44. The first-order valence-electron chi connectivity index (χ1n) is 9.01. The molecule has 3 aromatic rings. The van der Waals surface area contributed by atoms with Gasteiger partial charge in [-0.05, 0) is 24.1 Å². The Labute approximate surface area is 173 Å². The zero-order valence-electron chi connectivity index (χ0n) is 15.2. The molecule has 4 rings (SSSR count). The lowest BCUT2D eigenvalue weighted by Crippen LogP contribution is -2.36. The number of nitrogens with zero attached hydrogens (tertiary/aromatic N) is 6. The van der Waals surface area contributed by atoms with Gasteiger partial charge in [-0.1, -0.05) is 39.3 Å². The molecule has 0 atom stereocenters. The van der Waals surface area contributed by atoms with E-state index in [-0.39, 0.29) is 24.1 Å². The Morgan fingerprint density at radius 2 is 2.00 bits per heavy atom. The lowest BCUT2D eigenvalue weighted by Gasteiger charge is -2.31. The molecule has 0 amide bonds. The van der Waals surface area contributed by atoms with Crippen molar-refractivity contribution in [1.82, 2.24) is 25.4 Å². The molecule has 11 heteroatoms. The van der Waals surface area contributed by atoms with Crippen molar-refractivity contribution in [3.05, 3.63) is 40.4 Å². The minimum Gasteiger partial charge on any atom is -0.480 e. The van der Waals surface area contributed by atoms with Crippen LogP contribution in [-0.2, 0) is 11.3 Å². The monoisotopic (exact) mass is 460 g/mol. The molecule has 29 heavy (non-hydrogen) atoms. The van der Waals surface area contributed by atoms with Crippen LogP contribution in [0.2, 0.25) is 0 Å². The summed E-state index contributed by atoms with van der Waals surface area (Å²) in [7, 11) is 0. The third-order valence-electron chi connectivity index (χ3n) is 4.78. The maximum atomic E-state index is 12.8. The number of aromatic nitrogens is 5. The quantitative estimate of drug-likeness (QED) is 0.550. The summed E-state index contributed by atoms with van der Waals surface area (Å²) < 4.78 is 6.11. The number of hydrogen-bond donors (Lipinski definition) is 1. The van der Waals surface area contributed by atoms with Gasteiger partial charge in [0, 0.05) is 35.1 Å². The number of Topliss-reactive ketones (excluding diaryl/α,β-unsaturated/α-hetero) is 1. The van der Waals surface area contributed by atoms with Gasteiger partial charge < -0.3 is 14.5 Å². The predicted molar refractivity (Wildman–Crippen MR) is 104 cm³/mol. The van der Waals surface area contributed by atoms with Crippen molar-refractivity contribution in [2.75, 3.05) is 18.0 Å². The van der Waals surface area contributed by atoms with E-state index in [0.717, 1.165) is 22.1 Å². The second-order valence-electron chi connectivity index (χ2n) is 6.69. The fraction of sp³-hybridized carbons (Fsp3) is 0.333.